The van der Waals surface area contributed by atoms with E-state index >= 15 is 0 Å². The van der Waals surface area contributed by atoms with Crippen LogP contribution >= 0.6 is 0 Å². The Morgan fingerprint density at radius 1 is 0.968 bits per heavy atom. The van der Waals surface area contributed by atoms with E-state index in [1.807, 2.05) is 14.1 Å². The van der Waals surface area contributed by atoms with Crippen molar-refractivity contribution in [2.24, 2.45) is 11.8 Å². The number of hydrogen-bond acceptors (Lipinski definition) is 2. The predicted octanol–water partition coefficient (Wildman–Crippen LogP) is 4.85. The number of rotatable bonds is 6. The minimum atomic E-state index is -2.53. The summed E-state index contributed by atoms with van der Waals surface area (Å²) in [6.45, 7) is 9.33. The molecule has 0 saturated heterocycles. The van der Waals surface area contributed by atoms with E-state index < -0.39 is 8.32 Å². The molecule has 1 fully saturated rings. The van der Waals surface area contributed by atoms with Crippen LogP contribution in [0.5, 0.6) is 0 Å². The molecule has 168 valence electrons. The highest BCUT2D eigenvalue weighted by atomic mass is 28.4. The minimum Gasteiger partial charge on any atom is -0.404 e. The van der Waals surface area contributed by atoms with Crippen molar-refractivity contribution in [3.8, 4) is 0 Å². The second-order valence-electron chi connectivity index (χ2n) is 10.5. The fourth-order valence-corrected chi connectivity index (χ4v) is 10.0. The maximum atomic E-state index is 12.2. The Morgan fingerprint density at radius 2 is 1.48 bits per heavy atom. The third-order valence-corrected chi connectivity index (χ3v) is 12.0. The Hall–Kier alpha value is -1.91. The van der Waals surface area contributed by atoms with Gasteiger partial charge in [-0.05, 0) is 46.5 Å². The van der Waals surface area contributed by atoms with Crippen LogP contribution in [-0.4, -0.2) is 39.3 Å². The molecular weight excluding hydrogens is 398 g/mol. The SMILES string of the molecule is C[C@@H]1C[C@@H](CC(=O)N(C)C)CC[C@H]1O[Si](c1ccccc1)(c1ccccc1)C(C)(C)C. The van der Waals surface area contributed by atoms with E-state index in [4.69, 9.17) is 4.43 Å². The second-order valence-corrected chi connectivity index (χ2v) is 14.7. The monoisotopic (exact) mass is 437 g/mol. The first-order valence-electron chi connectivity index (χ1n) is 11.6. The van der Waals surface area contributed by atoms with Crippen molar-refractivity contribution in [3.63, 3.8) is 0 Å². The standard InChI is InChI=1S/C27H39NO2Si/c1-21-19-22(20-26(29)28(5)6)17-18-25(21)30-31(27(2,3)4,23-13-9-7-10-14-23)24-15-11-8-12-16-24/h7-16,21-22,25H,17-20H2,1-6H3/t21-,22+,25-/m1/s1. The lowest BCUT2D eigenvalue weighted by molar-refractivity contribution is -0.130. The van der Waals surface area contributed by atoms with E-state index in [9.17, 15) is 4.79 Å². The van der Waals surface area contributed by atoms with E-state index in [0.717, 1.165) is 19.3 Å². The molecule has 3 nitrogen and oxygen atoms in total. The smallest absolute Gasteiger partial charge is 0.261 e. The fraction of sp³-hybridized carbons (Fsp3) is 0.519. The molecule has 2 aromatic carbocycles. The normalized spacial score (nSPS) is 22.2. The highest BCUT2D eigenvalue weighted by Crippen LogP contribution is 2.41. The summed E-state index contributed by atoms with van der Waals surface area (Å²) < 4.78 is 7.37. The largest absolute Gasteiger partial charge is 0.404 e. The number of carbonyl (C=O) groups excluding carboxylic acids is 1. The molecule has 1 amide bonds. The summed E-state index contributed by atoms with van der Waals surface area (Å²) in [5.74, 6) is 1.14. The molecule has 0 bridgehead atoms. The van der Waals surface area contributed by atoms with Gasteiger partial charge in [-0.2, -0.15) is 0 Å². The van der Waals surface area contributed by atoms with Gasteiger partial charge in [0.05, 0.1) is 0 Å². The molecule has 1 aliphatic carbocycles. The van der Waals surface area contributed by atoms with Crippen LogP contribution < -0.4 is 10.4 Å². The Morgan fingerprint density at radius 3 is 1.90 bits per heavy atom. The molecule has 0 aromatic heterocycles. The van der Waals surface area contributed by atoms with Gasteiger partial charge in [0.2, 0.25) is 5.91 Å². The Kier molecular flexibility index (Phi) is 7.43. The van der Waals surface area contributed by atoms with Gasteiger partial charge in [0.15, 0.2) is 0 Å². The van der Waals surface area contributed by atoms with Crippen LogP contribution in [0, 0.1) is 11.8 Å². The average Bonchev–Trinajstić information content (AvgIpc) is 2.73. The zero-order valence-electron chi connectivity index (χ0n) is 20.1. The lowest BCUT2D eigenvalue weighted by Gasteiger charge is -2.47. The van der Waals surface area contributed by atoms with E-state index in [-0.39, 0.29) is 17.0 Å². The summed E-state index contributed by atoms with van der Waals surface area (Å²) in [6, 6.07) is 21.8. The van der Waals surface area contributed by atoms with E-state index in [1.54, 1.807) is 4.90 Å². The van der Waals surface area contributed by atoms with Crippen LogP contribution in [0.2, 0.25) is 5.04 Å². The molecule has 1 saturated carbocycles. The molecule has 31 heavy (non-hydrogen) atoms. The zero-order valence-corrected chi connectivity index (χ0v) is 21.1. The third kappa shape index (κ3) is 5.12. The highest BCUT2D eigenvalue weighted by Gasteiger charge is 2.52. The molecule has 0 unspecified atom stereocenters. The van der Waals surface area contributed by atoms with Gasteiger partial charge in [0.1, 0.15) is 0 Å². The molecule has 4 heteroatoms. The van der Waals surface area contributed by atoms with E-state index in [2.05, 4.69) is 88.4 Å². The summed E-state index contributed by atoms with van der Waals surface area (Å²) >= 11 is 0. The van der Waals surface area contributed by atoms with Gasteiger partial charge in [-0.25, -0.2) is 0 Å². The van der Waals surface area contributed by atoms with Crippen LogP contribution in [0.4, 0.5) is 0 Å². The lowest BCUT2D eigenvalue weighted by Crippen LogP contribution is -2.68. The third-order valence-electron chi connectivity index (χ3n) is 6.91. The predicted molar refractivity (Wildman–Crippen MR) is 132 cm³/mol. The summed E-state index contributed by atoms with van der Waals surface area (Å²) in [6.07, 6.45) is 4.02. The molecule has 3 rings (SSSR count). The zero-order chi connectivity index (χ0) is 22.6. The van der Waals surface area contributed by atoms with Gasteiger partial charge in [-0.15, -0.1) is 0 Å². The van der Waals surface area contributed by atoms with E-state index in [0.29, 0.717) is 18.3 Å². The quantitative estimate of drug-likeness (QED) is 0.605. The van der Waals surface area contributed by atoms with Crippen LogP contribution in [0.25, 0.3) is 0 Å². The van der Waals surface area contributed by atoms with E-state index in [1.165, 1.54) is 10.4 Å². The summed E-state index contributed by atoms with van der Waals surface area (Å²) in [5.41, 5.74) is 0. The van der Waals surface area contributed by atoms with Gasteiger partial charge < -0.3 is 9.33 Å². The van der Waals surface area contributed by atoms with Crippen LogP contribution in [0.15, 0.2) is 60.7 Å². The number of benzene rings is 2. The van der Waals surface area contributed by atoms with Gasteiger partial charge in [-0.1, -0.05) is 88.4 Å². The molecule has 3 atom stereocenters. The molecule has 0 aliphatic heterocycles. The van der Waals surface area contributed by atoms with Crippen LogP contribution in [0.3, 0.4) is 0 Å². The Bertz CT molecular complexity index is 805. The summed E-state index contributed by atoms with van der Waals surface area (Å²) in [7, 11) is 1.18. The minimum absolute atomic E-state index is 0.00678. The Labute approximate surface area is 189 Å². The van der Waals surface area contributed by atoms with Gasteiger partial charge in [0, 0.05) is 26.6 Å². The number of carbonyl (C=O) groups is 1. The van der Waals surface area contributed by atoms with Gasteiger partial charge in [-0.3, -0.25) is 4.79 Å². The topological polar surface area (TPSA) is 29.5 Å². The van der Waals surface area contributed by atoms with Crippen molar-refractivity contribution < 1.29 is 9.22 Å². The molecule has 0 radical (unpaired) electrons. The first kappa shape index (κ1) is 23.7. The first-order valence-corrected chi connectivity index (χ1v) is 13.5. The number of nitrogens with zero attached hydrogens (tertiary/aromatic N) is 1. The number of amides is 1. The Balaban J connectivity index is 1.93. The van der Waals surface area contributed by atoms with Crippen molar-refractivity contribution in [2.45, 2.75) is 64.5 Å². The first-order chi connectivity index (χ1) is 14.6. The molecule has 0 spiro atoms. The van der Waals surface area contributed by atoms with Crippen molar-refractivity contribution in [3.05, 3.63) is 60.7 Å². The maximum Gasteiger partial charge on any atom is 0.261 e. The second kappa shape index (κ2) is 9.70. The molecule has 1 aliphatic rings. The average molecular weight is 438 g/mol. The number of hydrogen-bond donors (Lipinski definition) is 0. The van der Waals surface area contributed by atoms with Crippen molar-refractivity contribution in [1.29, 1.82) is 0 Å². The summed E-state index contributed by atoms with van der Waals surface area (Å²) in [5, 5.41) is 2.67. The molecule has 0 heterocycles. The molecule has 2 aromatic rings. The molecular formula is C27H39NO2Si. The lowest BCUT2D eigenvalue weighted by atomic mass is 9.79. The van der Waals surface area contributed by atoms with Gasteiger partial charge >= 0.3 is 0 Å². The van der Waals surface area contributed by atoms with Gasteiger partial charge in [0.25, 0.3) is 8.32 Å². The van der Waals surface area contributed by atoms with Crippen molar-refractivity contribution in [2.75, 3.05) is 14.1 Å². The van der Waals surface area contributed by atoms with Crippen molar-refractivity contribution >= 4 is 24.6 Å². The fourth-order valence-electron chi connectivity index (χ4n) is 5.19. The summed E-state index contributed by atoms with van der Waals surface area (Å²) in [4.78, 5) is 13.9. The maximum absolute atomic E-state index is 12.2. The van der Waals surface area contributed by atoms with Crippen LogP contribution in [0.1, 0.15) is 53.4 Å². The van der Waals surface area contributed by atoms with Crippen LogP contribution in [-0.2, 0) is 9.22 Å². The van der Waals surface area contributed by atoms with Crippen molar-refractivity contribution in [1.82, 2.24) is 4.90 Å². The highest BCUT2D eigenvalue weighted by molar-refractivity contribution is 6.99. The molecule has 0 N–H and O–H groups in total.